The van der Waals surface area contributed by atoms with Crippen LogP contribution >= 0.6 is 0 Å². The molecule has 0 N–H and O–H groups in total. The number of rotatable bonds is 24. The Hall–Kier alpha value is -4.28. The van der Waals surface area contributed by atoms with Gasteiger partial charge in [0, 0.05) is 0 Å². The van der Waals surface area contributed by atoms with E-state index in [0.29, 0.717) is 0 Å². The van der Waals surface area contributed by atoms with Crippen LogP contribution < -0.4 is 0 Å². The zero-order chi connectivity index (χ0) is 48.5. The number of benzene rings is 8. The molecule has 0 saturated carbocycles. The molecule has 0 heterocycles. The SMILES string of the molecule is C[Si](C)(CCCc1cccc2ccccc12)O[Si](O[Si](C)(C)CCCc1cccc2ccccc12)(O[Si](C)(C)CCCc1cccc2ccccc12)O[Si](C)(C)CCCc1cccc2ccccc12. The Kier molecular flexibility index (Phi) is 16.6. The molecule has 0 unspecified atom stereocenters. The van der Waals surface area contributed by atoms with Crippen molar-refractivity contribution < 1.29 is 16.5 Å². The van der Waals surface area contributed by atoms with E-state index in [2.05, 4.69) is 222 Å². The summed E-state index contributed by atoms with van der Waals surface area (Å²) in [6.07, 6.45) is 8.21. The molecule has 0 aliphatic carbocycles. The average molecular weight is 1000 g/mol. The van der Waals surface area contributed by atoms with Crippen LogP contribution in [0.2, 0.25) is 76.6 Å². The van der Waals surface area contributed by atoms with Crippen molar-refractivity contribution in [2.75, 3.05) is 0 Å². The molecule has 0 amide bonds. The van der Waals surface area contributed by atoms with Crippen LogP contribution in [0.1, 0.15) is 47.9 Å². The Balaban J connectivity index is 1.07. The van der Waals surface area contributed by atoms with E-state index in [1.165, 1.54) is 65.3 Å². The van der Waals surface area contributed by atoms with Crippen LogP contribution in [0.25, 0.3) is 43.1 Å². The number of aryl methyl sites for hydroxylation is 4. The van der Waals surface area contributed by atoms with E-state index in [1.807, 2.05) is 0 Å². The Labute approximate surface area is 419 Å². The summed E-state index contributed by atoms with van der Waals surface area (Å²) in [6, 6.07) is 66.1. The molecule has 360 valence electrons. The van der Waals surface area contributed by atoms with Crippen LogP contribution in [0.15, 0.2) is 170 Å². The summed E-state index contributed by atoms with van der Waals surface area (Å²) in [5, 5.41) is 10.6. The van der Waals surface area contributed by atoms with E-state index in [0.717, 1.165) is 75.5 Å². The summed E-state index contributed by atoms with van der Waals surface area (Å²) in [5.74, 6) is 0. The lowest BCUT2D eigenvalue weighted by molar-refractivity contribution is 0.145. The molecule has 69 heavy (non-hydrogen) atoms. The van der Waals surface area contributed by atoms with Crippen LogP contribution in [0, 0.1) is 0 Å². The fourth-order valence-electron chi connectivity index (χ4n) is 10.5. The van der Waals surface area contributed by atoms with Gasteiger partial charge >= 0.3 is 9.05 Å². The smallest absolute Gasteiger partial charge is 0.396 e. The van der Waals surface area contributed by atoms with Crippen molar-refractivity contribution in [3.8, 4) is 0 Å². The van der Waals surface area contributed by atoms with Crippen LogP contribution in [0.5, 0.6) is 0 Å². The van der Waals surface area contributed by atoms with Crippen molar-refractivity contribution in [2.45, 2.75) is 128 Å². The highest BCUT2D eigenvalue weighted by atomic mass is 28.5. The molecule has 0 radical (unpaired) electrons. The quantitative estimate of drug-likeness (QED) is 0.0565. The second-order valence-electron chi connectivity index (χ2n) is 21.9. The first-order chi connectivity index (χ1) is 33.1. The molecule has 0 aromatic heterocycles. The predicted octanol–water partition coefficient (Wildman–Crippen LogP) is 17.5. The number of hydrogen-bond acceptors (Lipinski definition) is 4. The first-order valence-corrected chi connectivity index (χ1v) is 39.8. The highest BCUT2D eigenvalue weighted by Crippen LogP contribution is 2.37. The second kappa shape index (κ2) is 22.4. The minimum atomic E-state index is -3.78. The lowest BCUT2D eigenvalue weighted by Gasteiger charge is -2.46. The topological polar surface area (TPSA) is 36.9 Å². The summed E-state index contributed by atoms with van der Waals surface area (Å²) < 4.78 is 31.4. The van der Waals surface area contributed by atoms with Crippen molar-refractivity contribution in [1.29, 1.82) is 0 Å². The zero-order valence-electron chi connectivity index (χ0n) is 42.8. The molecule has 0 aliphatic heterocycles. The van der Waals surface area contributed by atoms with Crippen LogP contribution in [0.4, 0.5) is 0 Å². The molecule has 8 rings (SSSR count). The monoisotopic (exact) mass is 1000 g/mol. The fourth-order valence-corrected chi connectivity index (χ4v) is 30.4. The van der Waals surface area contributed by atoms with Crippen molar-refractivity contribution >= 4 is 85.4 Å². The van der Waals surface area contributed by atoms with E-state index < -0.39 is 42.3 Å². The number of fused-ring (bicyclic) bond motifs is 4. The molecule has 0 aliphatic rings. The van der Waals surface area contributed by atoms with Gasteiger partial charge in [0.1, 0.15) is 0 Å². The third-order valence-corrected chi connectivity index (χ3v) is 33.1. The van der Waals surface area contributed by atoms with Gasteiger partial charge in [-0.25, -0.2) is 0 Å². The van der Waals surface area contributed by atoms with Crippen molar-refractivity contribution in [2.24, 2.45) is 0 Å². The normalized spacial score (nSPS) is 13.0. The molecular weight excluding hydrogens is 925 g/mol. The second-order valence-corrected chi connectivity index (χ2v) is 42.3. The fraction of sp³-hybridized carbons (Fsp3) is 0.333. The van der Waals surface area contributed by atoms with Gasteiger partial charge in [0.05, 0.1) is 0 Å². The Morgan fingerprint density at radius 3 is 0.696 bits per heavy atom. The molecular formula is C60H76O4Si5. The highest BCUT2D eigenvalue weighted by molar-refractivity contribution is 6.92. The van der Waals surface area contributed by atoms with Gasteiger partial charge in [-0.2, -0.15) is 0 Å². The van der Waals surface area contributed by atoms with Crippen LogP contribution in [-0.4, -0.2) is 42.3 Å². The van der Waals surface area contributed by atoms with Crippen molar-refractivity contribution in [3.63, 3.8) is 0 Å². The van der Waals surface area contributed by atoms with E-state index in [1.54, 1.807) is 0 Å². The lowest BCUT2D eigenvalue weighted by Crippen LogP contribution is -2.66. The molecule has 0 saturated heterocycles. The minimum Gasteiger partial charge on any atom is -0.396 e. The lowest BCUT2D eigenvalue weighted by atomic mass is 10.0. The maximum absolute atomic E-state index is 7.84. The zero-order valence-corrected chi connectivity index (χ0v) is 47.8. The minimum absolute atomic E-state index is 0.996. The Morgan fingerprint density at radius 2 is 0.464 bits per heavy atom. The number of hydrogen-bond donors (Lipinski definition) is 0. The average Bonchev–Trinajstić information content (AvgIpc) is 3.31. The van der Waals surface area contributed by atoms with E-state index in [-0.39, 0.29) is 0 Å². The van der Waals surface area contributed by atoms with E-state index in [9.17, 15) is 0 Å². The van der Waals surface area contributed by atoms with Gasteiger partial charge in [0.25, 0.3) is 0 Å². The summed E-state index contributed by atoms with van der Waals surface area (Å²) >= 11 is 0. The van der Waals surface area contributed by atoms with Gasteiger partial charge < -0.3 is 16.5 Å². The molecule has 8 aromatic carbocycles. The van der Waals surface area contributed by atoms with Crippen molar-refractivity contribution in [1.82, 2.24) is 0 Å². The maximum atomic E-state index is 7.84. The van der Waals surface area contributed by atoms with Gasteiger partial charge in [-0.05, 0) is 193 Å². The standard InChI is InChI=1S/C60H76O4Si5/c1-65(2,45-21-37-53-33-17-29-49-25-9-13-41-57(49)53)61-69(62-66(3,4)46-22-38-54-34-18-30-50-26-10-14-42-58(50)54,63-67(5,6)47-23-39-55-35-19-31-51-27-11-15-43-59(51)55)64-68(7,8)48-24-40-56-36-20-32-52-28-12-16-44-60(52)56/h9-20,25-36,41-44H,21-24,37-40,45-48H2,1-8H3. The molecule has 8 aromatic rings. The third kappa shape index (κ3) is 14.0. The van der Waals surface area contributed by atoms with Crippen molar-refractivity contribution in [3.05, 3.63) is 192 Å². The van der Waals surface area contributed by atoms with Crippen LogP contribution in [0.3, 0.4) is 0 Å². The summed E-state index contributed by atoms with van der Waals surface area (Å²) in [6.45, 7) is 19.2. The van der Waals surface area contributed by atoms with E-state index >= 15 is 0 Å². The molecule has 0 fully saturated rings. The molecule has 0 atom stereocenters. The molecule has 9 heteroatoms. The molecule has 0 spiro atoms. The first-order valence-electron chi connectivity index (χ1n) is 25.7. The van der Waals surface area contributed by atoms with Crippen LogP contribution in [-0.2, 0) is 42.1 Å². The third-order valence-electron chi connectivity index (χ3n) is 14.0. The first kappa shape index (κ1) is 51.1. The van der Waals surface area contributed by atoms with Gasteiger partial charge in [-0.15, -0.1) is 0 Å². The van der Waals surface area contributed by atoms with Gasteiger partial charge in [0.15, 0.2) is 33.3 Å². The van der Waals surface area contributed by atoms with Gasteiger partial charge in [-0.1, -0.05) is 170 Å². The summed E-state index contributed by atoms with van der Waals surface area (Å²) in [4.78, 5) is 0. The highest BCUT2D eigenvalue weighted by Gasteiger charge is 2.58. The molecule has 0 bridgehead atoms. The van der Waals surface area contributed by atoms with Gasteiger partial charge in [-0.3, -0.25) is 0 Å². The van der Waals surface area contributed by atoms with Gasteiger partial charge in [0.2, 0.25) is 0 Å². The van der Waals surface area contributed by atoms with E-state index in [4.69, 9.17) is 16.5 Å². The Morgan fingerprint density at radius 1 is 0.261 bits per heavy atom. The summed E-state index contributed by atoms with van der Waals surface area (Å²) in [5.41, 5.74) is 5.63. The summed E-state index contributed by atoms with van der Waals surface area (Å²) in [7, 11) is -13.6. The predicted molar refractivity (Wildman–Crippen MR) is 308 cm³/mol. The maximum Gasteiger partial charge on any atom is 0.636 e. The molecule has 4 nitrogen and oxygen atoms in total. The Bertz CT molecular complexity index is 2540. The largest absolute Gasteiger partial charge is 0.636 e.